The maximum Gasteiger partial charge on any atom is 0.260 e. The highest BCUT2D eigenvalue weighted by atomic mass is 16.2. The maximum atomic E-state index is 11.3. The van der Waals surface area contributed by atoms with Crippen LogP contribution in [0.4, 0.5) is 0 Å². The summed E-state index contributed by atoms with van der Waals surface area (Å²) >= 11 is 0. The Bertz CT molecular complexity index is 263. The third kappa shape index (κ3) is 2.02. The third-order valence-corrected chi connectivity index (χ3v) is 1.80. The Balaban J connectivity index is 2.57. The topological polar surface area (TPSA) is 54.5 Å². The molecule has 0 aromatic carbocycles. The van der Waals surface area contributed by atoms with Crippen LogP contribution in [0.3, 0.4) is 0 Å². The molecule has 70 valence electrons. The summed E-state index contributed by atoms with van der Waals surface area (Å²) in [6.45, 7) is 1.94. The minimum absolute atomic E-state index is 0.260. The molecule has 0 saturated heterocycles. The van der Waals surface area contributed by atoms with Crippen LogP contribution >= 0.6 is 0 Å². The highest BCUT2D eigenvalue weighted by Crippen LogP contribution is 2.07. The van der Waals surface area contributed by atoms with Crippen molar-refractivity contribution in [3.63, 3.8) is 0 Å². The normalized spacial score (nSPS) is 15.6. The molecule has 0 bridgehead atoms. The van der Waals surface area contributed by atoms with Crippen molar-refractivity contribution < 1.29 is 14.4 Å². The van der Waals surface area contributed by atoms with Crippen molar-refractivity contribution in [2.45, 2.75) is 26.2 Å². The Hall–Kier alpha value is -1.45. The van der Waals surface area contributed by atoms with Gasteiger partial charge in [-0.2, -0.15) is 0 Å². The Morgan fingerprint density at radius 1 is 1.31 bits per heavy atom. The van der Waals surface area contributed by atoms with Gasteiger partial charge in [-0.05, 0) is 6.42 Å². The minimum atomic E-state index is -0.522. The van der Waals surface area contributed by atoms with E-state index in [0.29, 0.717) is 11.3 Å². The third-order valence-electron chi connectivity index (χ3n) is 1.80. The van der Waals surface area contributed by atoms with E-state index < -0.39 is 17.7 Å². The molecule has 0 radical (unpaired) electrons. The van der Waals surface area contributed by atoms with Crippen LogP contribution in [-0.4, -0.2) is 22.6 Å². The first-order chi connectivity index (χ1) is 6.16. The molecule has 0 spiro atoms. The van der Waals surface area contributed by atoms with E-state index in [2.05, 4.69) is 0 Å². The van der Waals surface area contributed by atoms with Crippen molar-refractivity contribution in [3.8, 4) is 0 Å². The second-order valence-corrected chi connectivity index (χ2v) is 2.84. The number of rotatable bonds is 3. The molecule has 13 heavy (non-hydrogen) atoms. The van der Waals surface area contributed by atoms with Crippen LogP contribution in [0.1, 0.15) is 26.2 Å². The zero-order valence-corrected chi connectivity index (χ0v) is 7.45. The van der Waals surface area contributed by atoms with Gasteiger partial charge in [0.15, 0.2) is 0 Å². The number of nitrogens with zero attached hydrogens (tertiary/aromatic N) is 1. The number of amides is 3. The van der Waals surface area contributed by atoms with Gasteiger partial charge >= 0.3 is 0 Å². The molecule has 0 N–H and O–H groups in total. The molecule has 1 aliphatic rings. The van der Waals surface area contributed by atoms with E-state index in [1.165, 1.54) is 0 Å². The van der Waals surface area contributed by atoms with Crippen molar-refractivity contribution in [1.29, 1.82) is 0 Å². The second kappa shape index (κ2) is 3.98. The van der Waals surface area contributed by atoms with Crippen molar-refractivity contribution in [3.05, 3.63) is 12.2 Å². The van der Waals surface area contributed by atoms with Crippen molar-refractivity contribution in [1.82, 2.24) is 4.90 Å². The van der Waals surface area contributed by atoms with Gasteiger partial charge in [-0.15, -0.1) is 0 Å². The largest absolute Gasteiger partial charge is 0.274 e. The molecule has 0 aromatic heterocycles. The lowest BCUT2D eigenvalue weighted by Crippen LogP contribution is -2.36. The molecule has 0 atom stereocenters. The van der Waals surface area contributed by atoms with E-state index in [1.807, 2.05) is 6.92 Å². The lowest BCUT2D eigenvalue weighted by atomic mass is 10.2. The average molecular weight is 181 g/mol. The van der Waals surface area contributed by atoms with Gasteiger partial charge in [0.05, 0.1) is 0 Å². The van der Waals surface area contributed by atoms with Crippen molar-refractivity contribution in [2.75, 3.05) is 0 Å². The number of unbranched alkanes of at least 4 members (excludes halogenated alkanes) is 1. The zero-order chi connectivity index (χ0) is 9.84. The molecule has 4 nitrogen and oxygen atoms in total. The summed E-state index contributed by atoms with van der Waals surface area (Å²) < 4.78 is 0. The van der Waals surface area contributed by atoms with E-state index in [-0.39, 0.29) is 6.42 Å². The summed E-state index contributed by atoms with van der Waals surface area (Å²) in [7, 11) is 0. The molecular formula is C9H11NO3. The van der Waals surface area contributed by atoms with E-state index >= 15 is 0 Å². The van der Waals surface area contributed by atoms with E-state index in [9.17, 15) is 14.4 Å². The lowest BCUT2D eigenvalue weighted by molar-refractivity contribution is -0.148. The predicted molar refractivity (Wildman–Crippen MR) is 45.5 cm³/mol. The Kier molecular flexibility index (Phi) is 2.95. The van der Waals surface area contributed by atoms with Gasteiger partial charge in [-0.1, -0.05) is 13.3 Å². The first-order valence-corrected chi connectivity index (χ1v) is 4.25. The molecule has 0 unspecified atom stereocenters. The highest BCUT2D eigenvalue weighted by molar-refractivity contribution is 6.22. The second-order valence-electron chi connectivity index (χ2n) is 2.84. The fraction of sp³-hybridized carbons (Fsp3) is 0.444. The Morgan fingerprint density at radius 2 is 1.85 bits per heavy atom. The summed E-state index contributed by atoms with van der Waals surface area (Å²) in [5.41, 5.74) is 0. The SMILES string of the molecule is CCCCC(=O)N1C(=O)C=CC1=O. The highest BCUT2D eigenvalue weighted by Gasteiger charge is 2.28. The average Bonchev–Trinajstić information content (AvgIpc) is 2.42. The van der Waals surface area contributed by atoms with E-state index in [1.54, 1.807) is 0 Å². The zero-order valence-electron chi connectivity index (χ0n) is 7.45. The first-order valence-electron chi connectivity index (χ1n) is 4.25. The van der Waals surface area contributed by atoms with Crippen LogP contribution in [0.25, 0.3) is 0 Å². The van der Waals surface area contributed by atoms with Crippen LogP contribution < -0.4 is 0 Å². The fourth-order valence-electron chi connectivity index (χ4n) is 1.09. The number of imide groups is 3. The van der Waals surface area contributed by atoms with Gasteiger partial charge in [0.25, 0.3) is 11.8 Å². The Labute approximate surface area is 76.2 Å². The van der Waals surface area contributed by atoms with Gasteiger partial charge in [-0.3, -0.25) is 14.4 Å². The molecule has 1 aliphatic heterocycles. The molecular weight excluding hydrogens is 170 g/mol. The first kappa shape index (κ1) is 9.64. The molecule has 1 heterocycles. The summed E-state index contributed by atoms with van der Waals surface area (Å²) in [6.07, 6.45) is 4.07. The molecule has 3 amide bonds. The smallest absolute Gasteiger partial charge is 0.260 e. The maximum absolute atomic E-state index is 11.3. The number of hydrogen-bond donors (Lipinski definition) is 0. The quantitative estimate of drug-likeness (QED) is 0.600. The molecule has 0 aromatic rings. The van der Waals surface area contributed by atoms with Gasteiger partial charge in [0.2, 0.25) is 5.91 Å². The molecule has 1 rings (SSSR count). The summed E-state index contributed by atoms with van der Waals surface area (Å²) in [4.78, 5) is 33.9. The standard InChI is InChI=1S/C9H11NO3/c1-2-3-4-7(11)10-8(12)5-6-9(10)13/h5-6H,2-4H2,1H3. The Morgan fingerprint density at radius 3 is 2.31 bits per heavy atom. The van der Waals surface area contributed by atoms with Gasteiger partial charge < -0.3 is 0 Å². The van der Waals surface area contributed by atoms with E-state index in [0.717, 1.165) is 18.6 Å². The lowest BCUT2D eigenvalue weighted by Gasteiger charge is -2.10. The van der Waals surface area contributed by atoms with E-state index in [4.69, 9.17) is 0 Å². The van der Waals surface area contributed by atoms with Gasteiger partial charge in [-0.25, -0.2) is 4.90 Å². The van der Waals surface area contributed by atoms with Crippen LogP contribution in [0, 0.1) is 0 Å². The summed E-state index contributed by atoms with van der Waals surface area (Å²) in [5, 5.41) is 0. The predicted octanol–water partition coefficient (Wildman–Crippen LogP) is 0.628. The van der Waals surface area contributed by atoms with Crippen molar-refractivity contribution in [2.24, 2.45) is 0 Å². The monoisotopic (exact) mass is 181 g/mol. The van der Waals surface area contributed by atoms with Gasteiger partial charge in [0, 0.05) is 18.6 Å². The van der Waals surface area contributed by atoms with Crippen LogP contribution in [0.15, 0.2) is 12.2 Å². The number of carbonyl (C=O) groups excluding carboxylic acids is 3. The summed E-state index contributed by atoms with van der Waals surface area (Å²) in [5.74, 6) is -1.45. The van der Waals surface area contributed by atoms with Crippen LogP contribution in [-0.2, 0) is 14.4 Å². The molecule has 0 fully saturated rings. The van der Waals surface area contributed by atoms with Crippen LogP contribution in [0.2, 0.25) is 0 Å². The molecule has 0 aliphatic carbocycles. The molecule has 4 heteroatoms. The minimum Gasteiger partial charge on any atom is -0.274 e. The number of carbonyl (C=O) groups is 3. The number of hydrogen-bond acceptors (Lipinski definition) is 3. The fourth-order valence-corrected chi connectivity index (χ4v) is 1.09. The van der Waals surface area contributed by atoms with Crippen molar-refractivity contribution >= 4 is 17.7 Å². The summed E-state index contributed by atoms with van der Waals surface area (Å²) in [6, 6.07) is 0. The van der Waals surface area contributed by atoms with Gasteiger partial charge in [0.1, 0.15) is 0 Å². The van der Waals surface area contributed by atoms with Crippen LogP contribution in [0.5, 0.6) is 0 Å². The molecule has 0 saturated carbocycles.